The normalized spacial score (nSPS) is 11.5. The van der Waals surface area contributed by atoms with Gasteiger partial charge in [0.2, 0.25) is 0 Å². The molecule has 0 amide bonds. The van der Waals surface area contributed by atoms with Crippen LogP contribution in [0.4, 0.5) is 0 Å². The van der Waals surface area contributed by atoms with E-state index in [1.807, 2.05) is 30.3 Å². The van der Waals surface area contributed by atoms with Gasteiger partial charge in [-0.05, 0) is 12.0 Å². The zero-order valence-corrected chi connectivity index (χ0v) is 7.98. The average molecular weight is 224 g/mol. The predicted octanol–water partition coefficient (Wildman–Crippen LogP) is 0.639. The molecule has 3 nitrogen and oxygen atoms in total. The van der Waals surface area contributed by atoms with Crippen LogP contribution in [0.2, 0.25) is 0 Å². The minimum absolute atomic E-state index is 0. The molecular weight excluding hydrogens is 213 g/mol. The van der Waals surface area contributed by atoms with Crippen molar-refractivity contribution < 1.29 is 26.7 Å². The molecule has 73 valence electrons. The molecule has 0 fully saturated rings. The maximum absolute atomic E-state index is 10.4. The molecule has 0 bridgehead atoms. The largest absolute Gasteiger partial charge is 0.480 e. The fourth-order valence-corrected chi connectivity index (χ4v) is 0.955. The Bertz CT molecular complexity index is 264. The van der Waals surface area contributed by atoms with Gasteiger partial charge in [0, 0.05) is 16.8 Å². The summed E-state index contributed by atoms with van der Waals surface area (Å²) in [4.78, 5) is 10.4. The van der Waals surface area contributed by atoms with Crippen LogP contribution < -0.4 is 5.73 Å². The van der Waals surface area contributed by atoms with Gasteiger partial charge in [0.05, 0.1) is 0 Å². The second-order valence-electron chi connectivity index (χ2n) is 2.63. The number of aliphatic carboxylic acids is 1. The predicted molar refractivity (Wildman–Crippen MR) is 45.8 cm³/mol. The molecule has 0 heterocycles. The van der Waals surface area contributed by atoms with E-state index in [9.17, 15) is 4.79 Å². The smallest absolute Gasteiger partial charge is 0.320 e. The summed E-state index contributed by atoms with van der Waals surface area (Å²) in [6.07, 6.45) is 0.385. The number of nitrogens with two attached hydrogens (primary N) is 1. The van der Waals surface area contributed by atoms with Gasteiger partial charge in [0.25, 0.3) is 0 Å². The van der Waals surface area contributed by atoms with E-state index in [4.69, 9.17) is 10.8 Å². The van der Waals surface area contributed by atoms with Gasteiger partial charge in [0.15, 0.2) is 0 Å². The molecule has 1 aromatic rings. The Morgan fingerprint density at radius 2 is 1.92 bits per heavy atom. The van der Waals surface area contributed by atoms with E-state index >= 15 is 0 Å². The Hall–Kier alpha value is -0.844. The van der Waals surface area contributed by atoms with Crippen LogP contribution >= 0.6 is 0 Å². The van der Waals surface area contributed by atoms with Gasteiger partial charge in [0.1, 0.15) is 6.04 Å². The maximum atomic E-state index is 10.4. The standard InChI is InChI=1S/C9H11NO2.Co/c10-8(9(11)12)6-7-4-2-1-3-5-7;/h1-5,8H,6,10H2,(H,11,12);/t8-;/m0./s1. The van der Waals surface area contributed by atoms with Crippen molar-refractivity contribution in [2.45, 2.75) is 12.5 Å². The van der Waals surface area contributed by atoms with Crippen molar-refractivity contribution in [3.05, 3.63) is 35.9 Å². The molecule has 0 saturated carbocycles. The van der Waals surface area contributed by atoms with E-state index in [-0.39, 0.29) is 16.8 Å². The molecule has 3 N–H and O–H groups in total. The van der Waals surface area contributed by atoms with Gasteiger partial charge in [-0.2, -0.15) is 0 Å². The second kappa shape index (κ2) is 5.74. The third-order valence-corrected chi connectivity index (χ3v) is 1.62. The summed E-state index contributed by atoms with van der Waals surface area (Å²) >= 11 is 0. The third-order valence-electron chi connectivity index (χ3n) is 1.62. The molecular formula is C9H11CoNO2. The van der Waals surface area contributed by atoms with Gasteiger partial charge in [-0.1, -0.05) is 30.3 Å². The topological polar surface area (TPSA) is 63.3 Å². The average Bonchev–Trinajstić information content (AvgIpc) is 2.06. The zero-order valence-electron chi connectivity index (χ0n) is 6.94. The molecule has 13 heavy (non-hydrogen) atoms. The minimum Gasteiger partial charge on any atom is -0.480 e. The van der Waals surface area contributed by atoms with Crippen LogP contribution in [0.5, 0.6) is 0 Å². The van der Waals surface area contributed by atoms with Gasteiger partial charge in [-0.3, -0.25) is 4.79 Å². The third kappa shape index (κ3) is 4.07. The van der Waals surface area contributed by atoms with E-state index in [2.05, 4.69) is 0 Å². The first-order valence-corrected chi connectivity index (χ1v) is 3.72. The van der Waals surface area contributed by atoms with Crippen molar-refractivity contribution in [1.29, 1.82) is 0 Å². The molecule has 1 radical (unpaired) electrons. The van der Waals surface area contributed by atoms with Gasteiger partial charge >= 0.3 is 5.97 Å². The van der Waals surface area contributed by atoms with Crippen molar-refractivity contribution >= 4 is 5.97 Å². The van der Waals surface area contributed by atoms with Gasteiger partial charge in [-0.15, -0.1) is 0 Å². The number of benzene rings is 1. The number of carboxylic acids is 1. The molecule has 0 unspecified atom stereocenters. The summed E-state index contributed by atoms with van der Waals surface area (Å²) in [6, 6.07) is 8.54. The SMILES string of the molecule is N[C@@H](Cc1ccccc1)C(=O)O.[Co]. The molecule has 1 aromatic carbocycles. The summed E-state index contributed by atoms with van der Waals surface area (Å²) in [7, 11) is 0. The van der Waals surface area contributed by atoms with E-state index in [0.29, 0.717) is 6.42 Å². The van der Waals surface area contributed by atoms with Crippen molar-refractivity contribution in [3.8, 4) is 0 Å². The monoisotopic (exact) mass is 224 g/mol. The van der Waals surface area contributed by atoms with Gasteiger partial charge in [-0.25, -0.2) is 0 Å². The van der Waals surface area contributed by atoms with E-state index < -0.39 is 12.0 Å². The van der Waals surface area contributed by atoms with Crippen LogP contribution in [0.3, 0.4) is 0 Å². The Balaban J connectivity index is 0.00000144. The van der Waals surface area contributed by atoms with Gasteiger partial charge < -0.3 is 10.8 Å². The van der Waals surface area contributed by atoms with Crippen molar-refractivity contribution in [2.24, 2.45) is 5.73 Å². The number of hydrogen-bond donors (Lipinski definition) is 2. The summed E-state index contributed by atoms with van der Waals surface area (Å²) < 4.78 is 0. The Labute approximate surface area is 87.1 Å². The van der Waals surface area contributed by atoms with Crippen LogP contribution in [0, 0.1) is 0 Å². The van der Waals surface area contributed by atoms with E-state index in [1.165, 1.54) is 0 Å². The van der Waals surface area contributed by atoms with Crippen LogP contribution in [0.15, 0.2) is 30.3 Å². The van der Waals surface area contributed by atoms with Crippen LogP contribution in [0.1, 0.15) is 5.56 Å². The van der Waals surface area contributed by atoms with Crippen LogP contribution in [-0.2, 0) is 28.0 Å². The number of rotatable bonds is 3. The first-order chi connectivity index (χ1) is 5.70. The number of hydrogen-bond acceptors (Lipinski definition) is 2. The molecule has 0 aliphatic rings. The Kier molecular flexibility index (Phi) is 5.37. The molecule has 1 rings (SSSR count). The molecule has 0 aliphatic heterocycles. The number of carboxylic acid groups (broad SMARTS) is 1. The first-order valence-electron chi connectivity index (χ1n) is 3.72. The fraction of sp³-hybridized carbons (Fsp3) is 0.222. The Morgan fingerprint density at radius 1 is 1.38 bits per heavy atom. The molecule has 0 aromatic heterocycles. The quantitative estimate of drug-likeness (QED) is 0.791. The summed E-state index contributed by atoms with van der Waals surface area (Å²) in [5.74, 6) is -0.959. The molecule has 4 heteroatoms. The molecule has 0 spiro atoms. The summed E-state index contributed by atoms with van der Waals surface area (Å²) in [6.45, 7) is 0. The van der Waals surface area contributed by atoms with E-state index in [0.717, 1.165) is 5.56 Å². The molecule has 1 atom stereocenters. The number of carbonyl (C=O) groups is 1. The first kappa shape index (κ1) is 12.2. The summed E-state index contributed by atoms with van der Waals surface area (Å²) in [5, 5.41) is 8.52. The minimum atomic E-state index is -0.959. The molecule has 0 saturated heterocycles. The Morgan fingerprint density at radius 3 is 2.38 bits per heavy atom. The second-order valence-corrected chi connectivity index (χ2v) is 2.63. The van der Waals surface area contributed by atoms with Crippen molar-refractivity contribution in [1.82, 2.24) is 0 Å². The maximum Gasteiger partial charge on any atom is 0.320 e. The van der Waals surface area contributed by atoms with E-state index in [1.54, 1.807) is 0 Å². The molecule has 0 aliphatic carbocycles. The fourth-order valence-electron chi connectivity index (χ4n) is 0.955. The summed E-state index contributed by atoms with van der Waals surface area (Å²) in [5.41, 5.74) is 6.30. The van der Waals surface area contributed by atoms with Crippen molar-refractivity contribution in [3.63, 3.8) is 0 Å². The van der Waals surface area contributed by atoms with Crippen LogP contribution in [-0.4, -0.2) is 17.1 Å². The van der Waals surface area contributed by atoms with Crippen molar-refractivity contribution in [2.75, 3.05) is 0 Å². The van der Waals surface area contributed by atoms with Crippen LogP contribution in [0.25, 0.3) is 0 Å². The zero-order chi connectivity index (χ0) is 8.97.